The van der Waals surface area contributed by atoms with E-state index in [4.69, 9.17) is 4.74 Å². The number of fused-ring (bicyclic) bond motifs is 1. The number of esters is 1. The number of hydrogen-bond acceptors (Lipinski definition) is 2. The molecule has 0 N–H and O–H groups in total. The number of hydrogen-bond donors (Lipinski definition) is 0. The van der Waals surface area contributed by atoms with Gasteiger partial charge in [-0.15, -0.1) is 0 Å². The Morgan fingerprint density at radius 1 is 1.33 bits per heavy atom. The molecule has 1 aliphatic carbocycles. The molecular formula is C16H20O2. The first-order chi connectivity index (χ1) is 8.50. The Morgan fingerprint density at radius 3 is 2.67 bits per heavy atom. The fourth-order valence-corrected chi connectivity index (χ4v) is 2.52. The molecule has 2 nitrogen and oxygen atoms in total. The number of benzene rings is 1. The van der Waals surface area contributed by atoms with Crippen molar-refractivity contribution in [2.24, 2.45) is 0 Å². The number of carbonyl (C=O) groups excluding carboxylic acids is 1. The zero-order chi connectivity index (χ0) is 13.2. The highest BCUT2D eigenvalue weighted by atomic mass is 16.6. The summed E-state index contributed by atoms with van der Waals surface area (Å²) in [5, 5.41) is 0. The second-order valence-electron chi connectivity index (χ2n) is 5.42. The molecule has 1 aromatic carbocycles. The maximum atomic E-state index is 11.7. The van der Waals surface area contributed by atoms with Gasteiger partial charge in [-0.2, -0.15) is 0 Å². The highest BCUT2D eigenvalue weighted by molar-refractivity contribution is 5.87. The summed E-state index contributed by atoms with van der Waals surface area (Å²) in [6, 6.07) is 8.42. The van der Waals surface area contributed by atoms with Crippen molar-refractivity contribution >= 4 is 5.97 Å². The molecular weight excluding hydrogens is 224 g/mol. The van der Waals surface area contributed by atoms with E-state index < -0.39 is 5.60 Å². The van der Waals surface area contributed by atoms with Gasteiger partial charge in [0.2, 0.25) is 0 Å². The van der Waals surface area contributed by atoms with Crippen LogP contribution in [-0.4, -0.2) is 11.6 Å². The van der Waals surface area contributed by atoms with Gasteiger partial charge in [-0.3, -0.25) is 0 Å². The minimum absolute atomic E-state index is 0.281. The Bertz CT molecular complexity index is 476. The zero-order valence-corrected chi connectivity index (χ0v) is 11.2. The summed E-state index contributed by atoms with van der Waals surface area (Å²) < 4.78 is 5.64. The first kappa shape index (κ1) is 12.9. The van der Waals surface area contributed by atoms with Crippen molar-refractivity contribution in [1.29, 1.82) is 0 Å². The lowest BCUT2D eigenvalue weighted by atomic mass is 9.93. The topological polar surface area (TPSA) is 26.3 Å². The molecule has 0 bridgehead atoms. The predicted octanol–water partition coefficient (Wildman–Crippen LogP) is 3.44. The number of rotatable bonds is 2. The SMILES string of the molecule is C=C(C)C(=O)OC1(C)CCCc2ccccc2C1. The van der Waals surface area contributed by atoms with Crippen LogP contribution >= 0.6 is 0 Å². The fraction of sp³-hybridized carbons (Fsp3) is 0.438. The van der Waals surface area contributed by atoms with Gasteiger partial charge in [-0.25, -0.2) is 4.79 Å². The van der Waals surface area contributed by atoms with E-state index in [1.54, 1.807) is 6.92 Å². The molecule has 0 fully saturated rings. The van der Waals surface area contributed by atoms with Gasteiger partial charge >= 0.3 is 5.97 Å². The largest absolute Gasteiger partial charge is 0.456 e. The molecule has 0 spiro atoms. The van der Waals surface area contributed by atoms with Crippen LogP contribution in [0.2, 0.25) is 0 Å². The second kappa shape index (κ2) is 4.97. The summed E-state index contributed by atoms with van der Waals surface area (Å²) in [6.07, 6.45) is 3.82. The van der Waals surface area contributed by atoms with Crippen molar-refractivity contribution in [1.82, 2.24) is 0 Å². The van der Waals surface area contributed by atoms with Crippen LogP contribution in [0.4, 0.5) is 0 Å². The van der Waals surface area contributed by atoms with Crippen LogP contribution in [0.15, 0.2) is 36.4 Å². The standard InChI is InChI=1S/C16H20O2/c1-12(2)15(17)18-16(3)10-6-9-13-7-4-5-8-14(13)11-16/h4-5,7-8H,1,6,9-11H2,2-3H3. The lowest BCUT2D eigenvalue weighted by molar-refractivity contribution is -0.153. The summed E-state index contributed by atoms with van der Waals surface area (Å²) in [6.45, 7) is 7.36. The van der Waals surface area contributed by atoms with Crippen LogP contribution in [0.25, 0.3) is 0 Å². The van der Waals surface area contributed by atoms with Crippen LogP contribution in [0.3, 0.4) is 0 Å². The molecule has 0 amide bonds. The van der Waals surface area contributed by atoms with E-state index in [0.717, 1.165) is 25.7 Å². The van der Waals surface area contributed by atoms with E-state index in [1.807, 2.05) is 13.0 Å². The lowest BCUT2D eigenvalue weighted by Gasteiger charge is -2.28. The minimum Gasteiger partial charge on any atom is -0.456 e. The Balaban J connectivity index is 2.20. The average molecular weight is 244 g/mol. The smallest absolute Gasteiger partial charge is 0.333 e. The Kier molecular flexibility index (Phi) is 3.55. The van der Waals surface area contributed by atoms with E-state index in [-0.39, 0.29) is 5.97 Å². The maximum absolute atomic E-state index is 11.7. The van der Waals surface area contributed by atoms with Crippen LogP contribution < -0.4 is 0 Å². The first-order valence-electron chi connectivity index (χ1n) is 6.46. The minimum atomic E-state index is -0.400. The third kappa shape index (κ3) is 2.81. The highest BCUT2D eigenvalue weighted by Crippen LogP contribution is 2.30. The van der Waals surface area contributed by atoms with Crippen molar-refractivity contribution in [2.45, 2.75) is 45.1 Å². The average Bonchev–Trinajstić information content (AvgIpc) is 2.46. The third-order valence-electron chi connectivity index (χ3n) is 3.52. The molecule has 1 unspecified atom stereocenters. The normalized spacial score (nSPS) is 22.8. The van der Waals surface area contributed by atoms with E-state index in [0.29, 0.717) is 5.57 Å². The van der Waals surface area contributed by atoms with Crippen molar-refractivity contribution in [3.05, 3.63) is 47.5 Å². The number of aryl methyl sites for hydroxylation is 1. The van der Waals surface area contributed by atoms with Gasteiger partial charge in [-0.1, -0.05) is 30.8 Å². The van der Waals surface area contributed by atoms with Gasteiger partial charge < -0.3 is 4.74 Å². The molecule has 1 aromatic rings. The Labute approximate surface area is 109 Å². The van der Waals surface area contributed by atoms with Crippen LogP contribution in [0, 0.1) is 0 Å². The van der Waals surface area contributed by atoms with Crippen molar-refractivity contribution in [3.63, 3.8) is 0 Å². The fourth-order valence-electron chi connectivity index (χ4n) is 2.52. The van der Waals surface area contributed by atoms with E-state index in [9.17, 15) is 4.79 Å². The van der Waals surface area contributed by atoms with Gasteiger partial charge in [0.25, 0.3) is 0 Å². The van der Waals surface area contributed by atoms with E-state index in [1.165, 1.54) is 11.1 Å². The molecule has 2 rings (SSSR count). The summed E-state index contributed by atoms with van der Waals surface area (Å²) in [5.41, 5.74) is 2.75. The Hall–Kier alpha value is -1.57. The summed E-state index contributed by atoms with van der Waals surface area (Å²) in [5.74, 6) is -0.281. The monoisotopic (exact) mass is 244 g/mol. The molecule has 0 saturated heterocycles. The van der Waals surface area contributed by atoms with Crippen LogP contribution in [0.5, 0.6) is 0 Å². The molecule has 0 heterocycles. The molecule has 96 valence electrons. The van der Waals surface area contributed by atoms with Crippen molar-refractivity contribution in [3.8, 4) is 0 Å². The molecule has 1 aliphatic rings. The van der Waals surface area contributed by atoms with Gasteiger partial charge in [0.05, 0.1) is 0 Å². The van der Waals surface area contributed by atoms with Crippen molar-refractivity contribution in [2.75, 3.05) is 0 Å². The summed E-state index contributed by atoms with van der Waals surface area (Å²) in [7, 11) is 0. The second-order valence-corrected chi connectivity index (χ2v) is 5.42. The van der Waals surface area contributed by atoms with Crippen LogP contribution in [0.1, 0.15) is 37.8 Å². The third-order valence-corrected chi connectivity index (χ3v) is 3.52. The number of ether oxygens (including phenoxy) is 1. The lowest BCUT2D eigenvalue weighted by Crippen LogP contribution is -2.33. The highest BCUT2D eigenvalue weighted by Gasteiger charge is 2.31. The molecule has 1 atom stereocenters. The Morgan fingerprint density at radius 2 is 2.00 bits per heavy atom. The molecule has 0 aliphatic heterocycles. The molecule has 18 heavy (non-hydrogen) atoms. The zero-order valence-electron chi connectivity index (χ0n) is 11.2. The van der Waals surface area contributed by atoms with Gasteiger partial charge in [0.15, 0.2) is 0 Å². The molecule has 0 saturated carbocycles. The van der Waals surface area contributed by atoms with Crippen LogP contribution in [-0.2, 0) is 22.4 Å². The van der Waals surface area contributed by atoms with E-state index in [2.05, 4.69) is 24.8 Å². The van der Waals surface area contributed by atoms with Gasteiger partial charge in [-0.05, 0) is 44.2 Å². The molecule has 0 aromatic heterocycles. The van der Waals surface area contributed by atoms with Gasteiger partial charge in [0, 0.05) is 12.0 Å². The van der Waals surface area contributed by atoms with Gasteiger partial charge in [0.1, 0.15) is 5.60 Å². The quantitative estimate of drug-likeness (QED) is 0.452. The molecule has 2 heteroatoms. The van der Waals surface area contributed by atoms with Crippen molar-refractivity contribution < 1.29 is 9.53 Å². The molecule has 0 radical (unpaired) electrons. The maximum Gasteiger partial charge on any atom is 0.333 e. The summed E-state index contributed by atoms with van der Waals surface area (Å²) in [4.78, 5) is 11.7. The first-order valence-corrected chi connectivity index (χ1v) is 6.46. The summed E-state index contributed by atoms with van der Waals surface area (Å²) >= 11 is 0. The van der Waals surface area contributed by atoms with E-state index >= 15 is 0 Å². The predicted molar refractivity (Wildman–Crippen MR) is 72.4 cm³/mol. The number of carbonyl (C=O) groups is 1.